The predicted molar refractivity (Wildman–Crippen MR) is 134 cm³/mol. The molecule has 172 valence electrons. The zero-order valence-corrected chi connectivity index (χ0v) is 20.4. The molecule has 0 aliphatic carbocycles. The van der Waals surface area contributed by atoms with Gasteiger partial charge in [-0.2, -0.15) is 4.98 Å². The number of primary amides is 1. The van der Waals surface area contributed by atoms with Crippen molar-refractivity contribution >= 4 is 45.0 Å². The molecule has 1 aliphatic rings. The Morgan fingerprint density at radius 1 is 1.18 bits per heavy atom. The van der Waals surface area contributed by atoms with Crippen molar-refractivity contribution < 1.29 is 9.53 Å². The van der Waals surface area contributed by atoms with E-state index in [2.05, 4.69) is 67.4 Å². The van der Waals surface area contributed by atoms with Gasteiger partial charge >= 0.3 is 0 Å². The van der Waals surface area contributed by atoms with Gasteiger partial charge in [0, 0.05) is 29.8 Å². The van der Waals surface area contributed by atoms with Gasteiger partial charge in [0.2, 0.25) is 5.95 Å². The number of nitrogens with two attached hydrogens (primary N) is 1. The summed E-state index contributed by atoms with van der Waals surface area (Å²) in [4.78, 5) is 23.2. The van der Waals surface area contributed by atoms with Gasteiger partial charge in [-0.15, -0.1) is 0 Å². The van der Waals surface area contributed by atoms with Gasteiger partial charge in [-0.05, 0) is 71.6 Å². The smallest absolute Gasteiger partial charge is 0.254 e. The molecule has 0 unspecified atom stereocenters. The SMILES string of the molecule is COc1cc2c(cc1Nc1ncc(C(N)=O)c(Nc3ccccc3Br)n1)CN(C(C)C)CC2. The maximum Gasteiger partial charge on any atom is 0.254 e. The Morgan fingerprint density at radius 2 is 1.97 bits per heavy atom. The normalized spacial score (nSPS) is 13.5. The standard InChI is InChI=1S/C24H27BrN6O2/c1-14(2)31-9-8-15-11-21(33-3)20(10-16(15)13-31)29-24-27-12-17(22(26)32)23(30-24)28-19-7-5-4-6-18(19)25/h4-7,10-12,14H,8-9,13H2,1-3H3,(H2,26,32)(H2,27,28,29,30). The molecule has 33 heavy (non-hydrogen) atoms. The molecule has 0 radical (unpaired) electrons. The van der Waals surface area contributed by atoms with E-state index in [9.17, 15) is 4.79 Å². The van der Waals surface area contributed by atoms with Crippen LogP contribution in [0.2, 0.25) is 0 Å². The summed E-state index contributed by atoms with van der Waals surface area (Å²) in [5, 5.41) is 6.42. The highest BCUT2D eigenvalue weighted by Crippen LogP contribution is 2.34. The number of methoxy groups -OCH3 is 1. The van der Waals surface area contributed by atoms with Crippen molar-refractivity contribution in [3.05, 3.63) is 63.8 Å². The second kappa shape index (κ2) is 9.76. The highest BCUT2D eigenvalue weighted by molar-refractivity contribution is 9.10. The number of ether oxygens (including phenoxy) is 1. The predicted octanol–water partition coefficient (Wildman–Crippen LogP) is 4.60. The van der Waals surface area contributed by atoms with E-state index >= 15 is 0 Å². The minimum absolute atomic E-state index is 0.196. The summed E-state index contributed by atoms with van der Waals surface area (Å²) >= 11 is 3.50. The molecule has 2 aromatic carbocycles. The molecule has 1 aromatic heterocycles. The van der Waals surface area contributed by atoms with Gasteiger partial charge in [0.25, 0.3) is 5.91 Å². The van der Waals surface area contributed by atoms with E-state index in [1.807, 2.05) is 24.3 Å². The molecule has 0 atom stereocenters. The number of carbonyl (C=O) groups is 1. The lowest BCUT2D eigenvalue weighted by Gasteiger charge is -2.32. The van der Waals surface area contributed by atoms with Crippen LogP contribution in [0.3, 0.4) is 0 Å². The number of carbonyl (C=O) groups excluding carboxylic acids is 1. The molecule has 0 bridgehead atoms. The van der Waals surface area contributed by atoms with Crippen molar-refractivity contribution in [3.63, 3.8) is 0 Å². The number of anilines is 4. The fourth-order valence-corrected chi connectivity index (χ4v) is 4.23. The van der Waals surface area contributed by atoms with E-state index in [4.69, 9.17) is 10.5 Å². The summed E-state index contributed by atoms with van der Waals surface area (Å²) < 4.78 is 6.47. The van der Waals surface area contributed by atoms with Crippen LogP contribution < -0.4 is 21.1 Å². The first-order valence-electron chi connectivity index (χ1n) is 10.7. The zero-order chi connectivity index (χ0) is 23.5. The lowest BCUT2D eigenvalue weighted by Crippen LogP contribution is -2.35. The van der Waals surface area contributed by atoms with E-state index in [1.165, 1.54) is 17.3 Å². The molecular formula is C24H27BrN6O2. The zero-order valence-electron chi connectivity index (χ0n) is 18.9. The molecule has 1 amide bonds. The van der Waals surface area contributed by atoms with Crippen LogP contribution in [-0.4, -0.2) is 40.5 Å². The van der Waals surface area contributed by atoms with E-state index in [1.54, 1.807) is 7.11 Å². The quantitative estimate of drug-likeness (QED) is 0.426. The molecule has 0 saturated heterocycles. The molecule has 3 aromatic rings. The third-order valence-corrected chi connectivity index (χ3v) is 6.41. The number of aromatic nitrogens is 2. The van der Waals surface area contributed by atoms with Crippen LogP contribution in [0.5, 0.6) is 5.75 Å². The summed E-state index contributed by atoms with van der Waals surface area (Å²) in [6.07, 6.45) is 2.40. The third kappa shape index (κ3) is 5.09. The highest BCUT2D eigenvalue weighted by Gasteiger charge is 2.21. The van der Waals surface area contributed by atoms with Crippen LogP contribution >= 0.6 is 15.9 Å². The monoisotopic (exact) mass is 510 g/mol. The first kappa shape index (κ1) is 23.0. The molecule has 9 heteroatoms. The number of amides is 1. The van der Waals surface area contributed by atoms with E-state index in [0.717, 1.165) is 41.1 Å². The molecule has 2 heterocycles. The van der Waals surface area contributed by atoms with Crippen LogP contribution in [0, 0.1) is 0 Å². The summed E-state index contributed by atoms with van der Waals surface area (Å²) in [5.41, 5.74) is 9.80. The Balaban J connectivity index is 1.67. The minimum atomic E-state index is -0.615. The van der Waals surface area contributed by atoms with Crippen LogP contribution in [-0.2, 0) is 13.0 Å². The minimum Gasteiger partial charge on any atom is -0.495 e. The summed E-state index contributed by atoms with van der Waals surface area (Å²) in [5.74, 6) is 0.741. The van der Waals surface area contributed by atoms with Crippen molar-refractivity contribution in [2.24, 2.45) is 5.73 Å². The van der Waals surface area contributed by atoms with Crippen LogP contribution in [0.25, 0.3) is 0 Å². The van der Waals surface area contributed by atoms with Gasteiger partial charge in [0.05, 0.1) is 18.5 Å². The lowest BCUT2D eigenvalue weighted by atomic mass is 9.97. The Bertz CT molecular complexity index is 1180. The topological polar surface area (TPSA) is 105 Å². The molecule has 0 spiro atoms. The number of hydrogen-bond acceptors (Lipinski definition) is 7. The number of halogens is 1. The van der Waals surface area contributed by atoms with Crippen molar-refractivity contribution in [3.8, 4) is 5.75 Å². The third-order valence-electron chi connectivity index (χ3n) is 5.72. The number of para-hydroxylation sites is 1. The van der Waals surface area contributed by atoms with Gasteiger partial charge in [-0.25, -0.2) is 4.98 Å². The molecule has 8 nitrogen and oxygen atoms in total. The largest absolute Gasteiger partial charge is 0.495 e. The summed E-state index contributed by atoms with van der Waals surface area (Å²) in [6, 6.07) is 12.2. The van der Waals surface area contributed by atoms with Gasteiger partial charge in [0.1, 0.15) is 17.1 Å². The summed E-state index contributed by atoms with van der Waals surface area (Å²) in [6.45, 7) is 6.33. The van der Waals surface area contributed by atoms with Crippen molar-refractivity contribution in [2.45, 2.75) is 32.9 Å². The summed E-state index contributed by atoms with van der Waals surface area (Å²) in [7, 11) is 1.65. The van der Waals surface area contributed by atoms with Crippen LogP contribution in [0.1, 0.15) is 35.3 Å². The van der Waals surface area contributed by atoms with Gasteiger partial charge < -0.3 is 21.1 Å². The molecule has 0 saturated carbocycles. The number of nitrogens with one attached hydrogen (secondary N) is 2. The molecule has 1 aliphatic heterocycles. The Hall–Kier alpha value is -3.17. The number of hydrogen-bond donors (Lipinski definition) is 3. The Morgan fingerprint density at radius 3 is 2.67 bits per heavy atom. The number of nitrogens with zero attached hydrogens (tertiary/aromatic N) is 3. The fraction of sp³-hybridized carbons (Fsp3) is 0.292. The maximum atomic E-state index is 12.0. The number of benzene rings is 2. The molecule has 4 N–H and O–H groups in total. The average Bonchev–Trinajstić information content (AvgIpc) is 2.79. The lowest BCUT2D eigenvalue weighted by molar-refractivity contribution is 0.100. The number of fused-ring (bicyclic) bond motifs is 1. The molecular weight excluding hydrogens is 484 g/mol. The van der Waals surface area contributed by atoms with Gasteiger partial charge in [-0.1, -0.05) is 12.1 Å². The second-order valence-corrected chi connectivity index (χ2v) is 9.04. The molecule has 0 fully saturated rings. The Labute approximate surface area is 201 Å². The van der Waals surface area contributed by atoms with Gasteiger partial charge in [-0.3, -0.25) is 9.69 Å². The van der Waals surface area contributed by atoms with Crippen molar-refractivity contribution in [2.75, 3.05) is 24.3 Å². The van der Waals surface area contributed by atoms with Crippen molar-refractivity contribution in [1.82, 2.24) is 14.9 Å². The van der Waals surface area contributed by atoms with Crippen LogP contribution in [0.15, 0.2) is 47.1 Å². The second-order valence-electron chi connectivity index (χ2n) is 8.19. The number of rotatable bonds is 7. The molecule has 4 rings (SSSR count). The van der Waals surface area contributed by atoms with E-state index in [0.29, 0.717) is 17.8 Å². The van der Waals surface area contributed by atoms with Crippen LogP contribution in [0.4, 0.5) is 23.1 Å². The first-order chi connectivity index (χ1) is 15.9. The van der Waals surface area contributed by atoms with E-state index in [-0.39, 0.29) is 5.56 Å². The van der Waals surface area contributed by atoms with Gasteiger partial charge in [0.15, 0.2) is 0 Å². The fourth-order valence-electron chi connectivity index (χ4n) is 3.84. The van der Waals surface area contributed by atoms with E-state index < -0.39 is 5.91 Å². The Kier molecular flexibility index (Phi) is 6.80. The highest BCUT2D eigenvalue weighted by atomic mass is 79.9. The van der Waals surface area contributed by atoms with Crippen molar-refractivity contribution in [1.29, 1.82) is 0 Å². The maximum absolute atomic E-state index is 12.0. The first-order valence-corrected chi connectivity index (χ1v) is 11.5. The average molecular weight is 511 g/mol.